The van der Waals surface area contributed by atoms with Crippen molar-refractivity contribution in [3.8, 4) is 0 Å². The normalized spacial score (nSPS) is 16.3. The monoisotopic (exact) mass is 326 g/mol. The van der Waals surface area contributed by atoms with Crippen LogP contribution in [-0.2, 0) is 24.3 Å². The smallest absolute Gasteiger partial charge is 0.303 e. The van der Waals surface area contributed by atoms with E-state index in [1.807, 2.05) is 0 Å². The van der Waals surface area contributed by atoms with E-state index in [-0.39, 0.29) is 43.6 Å². The van der Waals surface area contributed by atoms with Gasteiger partial charge in [0.05, 0.1) is 4.90 Å². The molecule has 0 radical (unpaired) electrons. The fourth-order valence-corrected chi connectivity index (χ4v) is 3.62. The molecule has 0 unspecified atom stereocenters. The van der Waals surface area contributed by atoms with Crippen molar-refractivity contribution in [2.45, 2.75) is 11.8 Å². The van der Waals surface area contributed by atoms with Gasteiger partial charge in [-0.25, -0.2) is 8.42 Å². The number of hydrogen-bond donors (Lipinski definition) is 0. The van der Waals surface area contributed by atoms with Gasteiger partial charge in [0.1, 0.15) is 0 Å². The van der Waals surface area contributed by atoms with Crippen LogP contribution >= 0.6 is 0 Å². The number of amides is 1. The van der Waals surface area contributed by atoms with Crippen LogP contribution in [0.3, 0.4) is 0 Å². The van der Waals surface area contributed by atoms with E-state index >= 15 is 0 Å². The van der Waals surface area contributed by atoms with Gasteiger partial charge in [-0.1, -0.05) is 18.2 Å². The van der Waals surface area contributed by atoms with Crippen molar-refractivity contribution in [2.75, 3.05) is 32.8 Å². The number of rotatable bonds is 4. The molecule has 1 aromatic carbocycles. The number of nitrogens with zero attached hydrogens (tertiary/aromatic N) is 2. The number of ether oxygens (including phenoxy) is 1. The maximum atomic E-state index is 12.4. The summed E-state index contributed by atoms with van der Waals surface area (Å²) in [5.41, 5.74) is 0. The van der Waals surface area contributed by atoms with Gasteiger partial charge >= 0.3 is 5.97 Å². The zero-order valence-corrected chi connectivity index (χ0v) is 13.1. The van der Waals surface area contributed by atoms with Crippen molar-refractivity contribution in [1.29, 1.82) is 0 Å². The molecule has 22 heavy (non-hydrogen) atoms. The van der Waals surface area contributed by atoms with Crippen LogP contribution in [0, 0.1) is 0 Å². The molecule has 0 atom stereocenters. The van der Waals surface area contributed by atoms with Crippen LogP contribution in [0.2, 0.25) is 0 Å². The molecule has 0 aliphatic carbocycles. The third-order valence-electron chi connectivity index (χ3n) is 3.37. The topological polar surface area (TPSA) is 84.0 Å². The number of carbonyl (C=O) groups excluding carboxylic acids is 2. The van der Waals surface area contributed by atoms with E-state index in [2.05, 4.69) is 4.74 Å². The van der Waals surface area contributed by atoms with Crippen LogP contribution in [0.4, 0.5) is 0 Å². The number of esters is 1. The van der Waals surface area contributed by atoms with E-state index in [1.54, 1.807) is 30.3 Å². The fraction of sp³-hybridized carbons (Fsp3) is 0.429. The van der Waals surface area contributed by atoms with Crippen LogP contribution in [0.25, 0.3) is 0 Å². The SMILES string of the molecule is CC(=O)OCC(=O)N1CCN(S(=O)(=O)c2ccccc2)CC1. The number of benzene rings is 1. The predicted octanol–water partition coefficient (Wildman–Crippen LogP) is 0.0826. The second-order valence-corrected chi connectivity index (χ2v) is 6.82. The van der Waals surface area contributed by atoms with Gasteiger partial charge in [0.25, 0.3) is 5.91 Å². The van der Waals surface area contributed by atoms with E-state index in [0.29, 0.717) is 0 Å². The average Bonchev–Trinajstić information content (AvgIpc) is 2.53. The highest BCUT2D eigenvalue weighted by Crippen LogP contribution is 2.17. The largest absolute Gasteiger partial charge is 0.456 e. The summed E-state index contributed by atoms with van der Waals surface area (Å²) in [5, 5.41) is 0. The summed E-state index contributed by atoms with van der Waals surface area (Å²) < 4.78 is 30.9. The van der Waals surface area contributed by atoms with Gasteiger partial charge in [0.2, 0.25) is 10.0 Å². The molecule has 1 saturated heterocycles. The Kier molecular flexibility index (Phi) is 5.15. The van der Waals surface area contributed by atoms with Crippen molar-refractivity contribution in [1.82, 2.24) is 9.21 Å². The summed E-state index contributed by atoms with van der Waals surface area (Å²) in [4.78, 5) is 24.2. The third kappa shape index (κ3) is 3.83. The minimum atomic E-state index is -3.53. The third-order valence-corrected chi connectivity index (χ3v) is 5.28. The highest BCUT2D eigenvalue weighted by Gasteiger charge is 2.30. The Morgan fingerprint density at radius 2 is 1.68 bits per heavy atom. The van der Waals surface area contributed by atoms with Crippen molar-refractivity contribution < 1.29 is 22.7 Å². The molecule has 0 spiro atoms. The highest BCUT2D eigenvalue weighted by atomic mass is 32.2. The molecule has 0 N–H and O–H groups in total. The number of piperazine rings is 1. The van der Waals surface area contributed by atoms with Crippen molar-refractivity contribution in [3.63, 3.8) is 0 Å². The standard InChI is InChI=1S/C14H18N2O5S/c1-12(17)21-11-14(18)15-7-9-16(10-8-15)22(19,20)13-5-3-2-4-6-13/h2-6H,7-11H2,1H3. The molecule has 120 valence electrons. The molecule has 8 heteroatoms. The summed E-state index contributed by atoms with van der Waals surface area (Å²) >= 11 is 0. The molecule has 0 bridgehead atoms. The molecule has 0 aromatic heterocycles. The van der Waals surface area contributed by atoms with Crippen LogP contribution < -0.4 is 0 Å². The van der Waals surface area contributed by atoms with Gasteiger partial charge in [0.15, 0.2) is 6.61 Å². The Balaban J connectivity index is 1.95. The molecular formula is C14H18N2O5S. The zero-order chi connectivity index (χ0) is 16.2. The van der Waals surface area contributed by atoms with Crippen LogP contribution in [-0.4, -0.2) is 62.3 Å². The first kappa shape index (κ1) is 16.4. The van der Waals surface area contributed by atoms with Gasteiger partial charge in [0, 0.05) is 33.1 Å². The maximum Gasteiger partial charge on any atom is 0.303 e. The Bertz CT molecular complexity index is 636. The molecule has 1 aromatic rings. The molecule has 0 saturated carbocycles. The first-order valence-corrected chi connectivity index (χ1v) is 8.31. The Labute approximate surface area is 129 Å². The number of hydrogen-bond acceptors (Lipinski definition) is 5. The average molecular weight is 326 g/mol. The molecule has 7 nitrogen and oxygen atoms in total. The lowest BCUT2D eigenvalue weighted by molar-refractivity contribution is -0.150. The molecular weight excluding hydrogens is 308 g/mol. The predicted molar refractivity (Wildman–Crippen MR) is 78.4 cm³/mol. The van der Waals surface area contributed by atoms with Crippen LogP contribution in [0.1, 0.15) is 6.92 Å². The summed E-state index contributed by atoms with van der Waals surface area (Å²) in [6.45, 7) is 1.95. The second-order valence-electron chi connectivity index (χ2n) is 4.88. The van der Waals surface area contributed by atoms with E-state index in [0.717, 1.165) is 0 Å². The molecule has 1 fully saturated rings. The lowest BCUT2D eigenvalue weighted by atomic mass is 10.3. The Morgan fingerprint density at radius 1 is 1.09 bits per heavy atom. The van der Waals surface area contributed by atoms with Crippen molar-refractivity contribution in [2.24, 2.45) is 0 Å². The van der Waals surface area contributed by atoms with Gasteiger partial charge in [-0.2, -0.15) is 4.31 Å². The van der Waals surface area contributed by atoms with Gasteiger partial charge in [-0.3, -0.25) is 9.59 Å². The molecule has 1 amide bonds. The minimum absolute atomic E-state index is 0.225. The minimum Gasteiger partial charge on any atom is -0.456 e. The van der Waals surface area contributed by atoms with Crippen LogP contribution in [0.15, 0.2) is 35.2 Å². The first-order valence-electron chi connectivity index (χ1n) is 6.87. The lowest BCUT2D eigenvalue weighted by Gasteiger charge is -2.33. The molecule has 2 rings (SSSR count). The zero-order valence-electron chi connectivity index (χ0n) is 12.3. The molecule has 1 aliphatic rings. The number of sulfonamides is 1. The van der Waals surface area contributed by atoms with E-state index in [9.17, 15) is 18.0 Å². The Hall–Kier alpha value is -1.93. The lowest BCUT2D eigenvalue weighted by Crippen LogP contribution is -2.51. The first-order chi connectivity index (χ1) is 10.4. The summed E-state index contributed by atoms with van der Waals surface area (Å²) in [6.07, 6.45) is 0. The van der Waals surface area contributed by atoms with E-state index in [4.69, 9.17) is 0 Å². The van der Waals surface area contributed by atoms with Crippen molar-refractivity contribution >= 4 is 21.9 Å². The van der Waals surface area contributed by atoms with Gasteiger partial charge in [-0.15, -0.1) is 0 Å². The quantitative estimate of drug-likeness (QED) is 0.732. The van der Waals surface area contributed by atoms with E-state index < -0.39 is 16.0 Å². The summed E-state index contributed by atoms with van der Waals surface area (Å²) in [5.74, 6) is -0.828. The van der Waals surface area contributed by atoms with Gasteiger partial charge in [-0.05, 0) is 12.1 Å². The van der Waals surface area contributed by atoms with Crippen molar-refractivity contribution in [3.05, 3.63) is 30.3 Å². The molecule has 1 heterocycles. The van der Waals surface area contributed by atoms with Gasteiger partial charge < -0.3 is 9.64 Å². The second kappa shape index (κ2) is 6.89. The highest BCUT2D eigenvalue weighted by molar-refractivity contribution is 7.89. The maximum absolute atomic E-state index is 12.4. The number of carbonyl (C=O) groups is 2. The summed E-state index contributed by atoms with van der Waals surface area (Å²) in [6, 6.07) is 8.20. The molecule has 1 aliphatic heterocycles. The summed E-state index contributed by atoms with van der Waals surface area (Å²) in [7, 11) is -3.53. The van der Waals surface area contributed by atoms with E-state index in [1.165, 1.54) is 16.1 Å². The van der Waals surface area contributed by atoms with Crippen LogP contribution in [0.5, 0.6) is 0 Å². The Morgan fingerprint density at radius 3 is 2.23 bits per heavy atom. The fourth-order valence-electron chi connectivity index (χ4n) is 2.17.